The maximum atomic E-state index is 5.61. The van der Waals surface area contributed by atoms with Crippen molar-refractivity contribution in [3.63, 3.8) is 0 Å². The third kappa shape index (κ3) is 1.96. The van der Waals surface area contributed by atoms with Gasteiger partial charge >= 0.3 is 0 Å². The molecular formula is C16H21NO2. The normalized spacial score (nSPS) is 27.7. The number of hydrogen-bond acceptors (Lipinski definition) is 3. The Labute approximate surface area is 114 Å². The van der Waals surface area contributed by atoms with Crippen LogP contribution in [-0.4, -0.2) is 32.4 Å². The Balaban J connectivity index is 1.60. The zero-order valence-corrected chi connectivity index (χ0v) is 11.3. The van der Waals surface area contributed by atoms with Gasteiger partial charge in [0.15, 0.2) is 0 Å². The summed E-state index contributed by atoms with van der Waals surface area (Å²) in [6.45, 7) is 3.78. The van der Waals surface area contributed by atoms with Gasteiger partial charge in [-0.25, -0.2) is 0 Å². The molecule has 102 valence electrons. The van der Waals surface area contributed by atoms with E-state index in [0.29, 0.717) is 6.04 Å². The number of hydrogen-bond donors (Lipinski definition) is 1. The molecule has 0 aromatic heterocycles. The minimum absolute atomic E-state index is 0.250. The highest BCUT2D eigenvalue weighted by Crippen LogP contribution is 2.40. The SMILES string of the molecule is c1cc2c(cc1C1(CC3CCCN3)COC1)CCO2. The second kappa shape index (κ2) is 4.50. The molecule has 0 spiro atoms. The van der Waals surface area contributed by atoms with E-state index in [9.17, 15) is 0 Å². The maximum Gasteiger partial charge on any atom is 0.122 e. The summed E-state index contributed by atoms with van der Waals surface area (Å²) in [6.07, 6.45) is 4.91. The van der Waals surface area contributed by atoms with Gasteiger partial charge in [0.05, 0.1) is 19.8 Å². The molecule has 2 fully saturated rings. The van der Waals surface area contributed by atoms with E-state index in [2.05, 4.69) is 23.5 Å². The van der Waals surface area contributed by atoms with E-state index >= 15 is 0 Å². The first-order valence-electron chi connectivity index (χ1n) is 7.43. The van der Waals surface area contributed by atoms with Crippen LogP contribution in [0.4, 0.5) is 0 Å². The summed E-state index contributed by atoms with van der Waals surface area (Å²) in [5.74, 6) is 1.08. The molecule has 3 heterocycles. The van der Waals surface area contributed by atoms with Crippen molar-refractivity contribution in [2.45, 2.75) is 37.1 Å². The van der Waals surface area contributed by atoms with Crippen LogP contribution in [0.1, 0.15) is 30.4 Å². The first-order chi connectivity index (χ1) is 9.36. The largest absolute Gasteiger partial charge is 0.493 e. The minimum Gasteiger partial charge on any atom is -0.493 e. The van der Waals surface area contributed by atoms with Gasteiger partial charge in [0.2, 0.25) is 0 Å². The smallest absolute Gasteiger partial charge is 0.122 e. The third-order valence-corrected chi connectivity index (χ3v) is 4.86. The highest BCUT2D eigenvalue weighted by atomic mass is 16.5. The number of rotatable bonds is 3. The van der Waals surface area contributed by atoms with Crippen LogP contribution in [0.15, 0.2) is 18.2 Å². The van der Waals surface area contributed by atoms with E-state index in [1.54, 1.807) is 0 Å². The average molecular weight is 259 g/mol. The fourth-order valence-electron chi connectivity index (χ4n) is 3.67. The molecule has 1 unspecified atom stereocenters. The van der Waals surface area contributed by atoms with Crippen LogP contribution < -0.4 is 10.1 Å². The maximum absolute atomic E-state index is 5.61. The zero-order chi connectivity index (χ0) is 12.7. The summed E-state index contributed by atoms with van der Waals surface area (Å²) < 4.78 is 11.2. The fourth-order valence-corrected chi connectivity index (χ4v) is 3.67. The molecule has 3 aliphatic heterocycles. The van der Waals surface area contributed by atoms with Crippen LogP contribution in [0.3, 0.4) is 0 Å². The summed E-state index contributed by atoms with van der Waals surface area (Å²) in [4.78, 5) is 0. The minimum atomic E-state index is 0.250. The average Bonchev–Trinajstić information content (AvgIpc) is 3.04. The lowest BCUT2D eigenvalue weighted by atomic mass is 9.73. The van der Waals surface area contributed by atoms with Crippen molar-refractivity contribution in [2.24, 2.45) is 0 Å². The van der Waals surface area contributed by atoms with E-state index in [1.807, 2.05) is 0 Å². The van der Waals surface area contributed by atoms with Gasteiger partial charge in [0.1, 0.15) is 5.75 Å². The number of ether oxygens (including phenoxy) is 2. The van der Waals surface area contributed by atoms with Gasteiger partial charge in [-0.2, -0.15) is 0 Å². The molecule has 0 amide bonds. The van der Waals surface area contributed by atoms with Gasteiger partial charge in [-0.15, -0.1) is 0 Å². The molecule has 19 heavy (non-hydrogen) atoms. The second-order valence-corrected chi connectivity index (χ2v) is 6.19. The van der Waals surface area contributed by atoms with Gasteiger partial charge in [-0.05, 0) is 43.0 Å². The Bertz CT molecular complexity index is 476. The molecule has 0 radical (unpaired) electrons. The van der Waals surface area contributed by atoms with Gasteiger partial charge < -0.3 is 14.8 Å². The summed E-state index contributed by atoms with van der Waals surface area (Å²) in [5.41, 5.74) is 3.08. The lowest BCUT2D eigenvalue weighted by Crippen LogP contribution is -2.50. The molecule has 3 aliphatic rings. The summed E-state index contributed by atoms with van der Waals surface area (Å²) in [5, 5.41) is 3.62. The van der Waals surface area contributed by atoms with E-state index in [4.69, 9.17) is 9.47 Å². The molecule has 1 N–H and O–H groups in total. The molecule has 0 aliphatic carbocycles. The van der Waals surface area contributed by atoms with Crippen LogP contribution in [-0.2, 0) is 16.6 Å². The van der Waals surface area contributed by atoms with E-state index < -0.39 is 0 Å². The molecule has 3 heteroatoms. The van der Waals surface area contributed by atoms with E-state index in [1.165, 1.54) is 36.9 Å². The van der Waals surface area contributed by atoms with Crippen molar-refractivity contribution in [3.8, 4) is 5.75 Å². The Morgan fingerprint density at radius 3 is 3.00 bits per heavy atom. The van der Waals surface area contributed by atoms with Gasteiger partial charge in [-0.1, -0.05) is 12.1 Å². The molecular weight excluding hydrogens is 238 g/mol. The van der Waals surface area contributed by atoms with Crippen molar-refractivity contribution < 1.29 is 9.47 Å². The number of benzene rings is 1. The molecule has 2 saturated heterocycles. The predicted octanol–water partition coefficient (Wildman–Crippen LogP) is 2.03. The quantitative estimate of drug-likeness (QED) is 0.901. The van der Waals surface area contributed by atoms with Crippen molar-refractivity contribution in [1.29, 1.82) is 0 Å². The molecule has 1 aromatic carbocycles. The number of fused-ring (bicyclic) bond motifs is 1. The van der Waals surface area contributed by atoms with Crippen LogP contribution in [0, 0.1) is 0 Å². The van der Waals surface area contributed by atoms with Crippen LogP contribution in [0.25, 0.3) is 0 Å². The topological polar surface area (TPSA) is 30.5 Å². The zero-order valence-electron chi connectivity index (χ0n) is 11.3. The van der Waals surface area contributed by atoms with Crippen molar-refractivity contribution in [3.05, 3.63) is 29.3 Å². The van der Waals surface area contributed by atoms with Crippen molar-refractivity contribution >= 4 is 0 Å². The van der Waals surface area contributed by atoms with Crippen LogP contribution >= 0.6 is 0 Å². The molecule has 0 bridgehead atoms. The third-order valence-electron chi connectivity index (χ3n) is 4.86. The summed E-state index contributed by atoms with van der Waals surface area (Å²) >= 11 is 0. The lowest BCUT2D eigenvalue weighted by Gasteiger charge is -2.44. The second-order valence-electron chi connectivity index (χ2n) is 6.19. The van der Waals surface area contributed by atoms with Gasteiger partial charge in [0.25, 0.3) is 0 Å². The highest BCUT2D eigenvalue weighted by molar-refractivity contribution is 5.43. The van der Waals surface area contributed by atoms with Gasteiger partial charge in [0, 0.05) is 17.9 Å². The van der Waals surface area contributed by atoms with Crippen LogP contribution in [0.5, 0.6) is 5.75 Å². The molecule has 3 nitrogen and oxygen atoms in total. The predicted molar refractivity (Wildman–Crippen MR) is 73.8 cm³/mol. The first kappa shape index (κ1) is 11.7. The Morgan fingerprint density at radius 2 is 2.26 bits per heavy atom. The van der Waals surface area contributed by atoms with E-state index in [-0.39, 0.29) is 5.41 Å². The van der Waals surface area contributed by atoms with Gasteiger partial charge in [-0.3, -0.25) is 0 Å². The van der Waals surface area contributed by atoms with Crippen molar-refractivity contribution in [1.82, 2.24) is 5.32 Å². The monoisotopic (exact) mass is 259 g/mol. The molecule has 1 aromatic rings. The van der Waals surface area contributed by atoms with Crippen molar-refractivity contribution in [2.75, 3.05) is 26.4 Å². The van der Waals surface area contributed by atoms with E-state index in [0.717, 1.165) is 32.0 Å². The lowest BCUT2D eigenvalue weighted by molar-refractivity contribution is -0.0679. The Kier molecular flexibility index (Phi) is 2.78. The first-order valence-corrected chi connectivity index (χ1v) is 7.43. The van der Waals surface area contributed by atoms with Crippen LogP contribution in [0.2, 0.25) is 0 Å². The molecule has 4 rings (SSSR count). The fraction of sp³-hybridized carbons (Fsp3) is 0.625. The molecule has 1 atom stereocenters. The standard InChI is InChI=1S/C16H21NO2/c1-2-14(17-6-1)9-16(10-18-11-16)13-3-4-15-12(8-13)5-7-19-15/h3-4,8,14,17H,1-2,5-7,9-11H2. The summed E-state index contributed by atoms with van der Waals surface area (Å²) in [6, 6.07) is 7.44. The summed E-state index contributed by atoms with van der Waals surface area (Å²) in [7, 11) is 0. The number of nitrogens with one attached hydrogen (secondary N) is 1. The Morgan fingerprint density at radius 1 is 1.32 bits per heavy atom. The Hall–Kier alpha value is -1.06. The highest BCUT2D eigenvalue weighted by Gasteiger charge is 2.42. The molecule has 0 saturated carbocycles.